The van der Waals surface area contributed by atoms with E-state index in [1.165, 1.54) is 91.3 Å². The molecule has 22 aromatic rings. The molecule has 0 fully saturated rings. The van der Waals surface area contributed by atoms with E-state index in [0.29, 0.717) is 0 Å². The van der Waals surface area contributed by atoms with Crippen molar-refractivity contribution in [3.63, 3.8) is 0 Å². The van der Waals surface area contributed by atoms with Crippen LogP contribution in [0.3, 0.4) is 0 Å². The van der Waals surface area contributed by atoms with E-state index in [1.807, 2.05) is 22.7 Å². The van der Waals surface area contributed by atoms with Crippen LogP contribution in [0.5, 0.6) is 0 Å². The quantitative estimate of drug-likeness (QED) is 0.176. The average molecular weight is 1600 g/mol. The number of benzene rings is 6. The minimum atomic E-state index is 0.866. The van der Waals surface area contributed by atoms with Gasteiger partial charge in [-0.15, -0.1) is 90.7 Å². The summed E-state index contributed by atoms with van der Waals surface area (Å²) in [5, 5.41) is 4.31. The monoisotopic (exact) mass is 1590 g/mol. The molecule has 92 heavy (non-hydrogen) atoms. The van der Waals surface area contributed by atoms with Gasteiger partial charge in [0.25, 0.3) is 0 Å². The van der Waals surface area contributed by atoms with Crippen molar-refractivity contribution < 1.29 is 17.7 Å². The standard InChI is InChI=1S/2C36H18Br2N2O2S4/c1-15-3-7-17(8-4-15)39-21-13-25(37)43-33(21)35-27(39)29-31(45-35)19-11-24-20(12-23(19)41-29)32-30(42-24)28-36(46-32)34-22(14-26(38)44-34)40(28)18-9-5-16(2)6-10-18;1-15-3-7-17(8-4-15)39-27-19-11-22-20(12-21(19)41-31(27)35-29(39)33-23(43-35)13-25(37)45-33)28-32(42-22)36-30(34-24(44-36)14-26(38)46-34)40(28)18-9-5-16(2)6-10-18/h2*3-14H,1-2H3. The summed E-state index contributed by atoms with van der Waals surface area (Å²) in [7, 11) is 0. The second-order valence-corrected chi connectivity index (χ2v) is 37.5. The molecular weight excluding hydrogens is 1560 g/mol. The SMILES string of the molecule is Cc1ccc(-n2c3c4cc5oc6c7sc8cc(Br)sc8c7n(-c7ccc(C)cc7)c6c5cc4oc3c3sc4cc(Br)sc4c32)cc1.Cc1ccc(-n2c3cc(Br)sc3c3sc4c5cc6oc7c(sc8c9sc(Br)cc9n(-c9ccc(C)cc9)c78)c6cc5oc4c32)cc1. The molecule has 22 rings (SSSR count). The summed E-state index contributed by atoms with van der Waals surface area (Å²) in [5.74, 6) is 0. The first-order valence-electron chi connectivity index (χ1n) is 29.2. The third-order valence-corrected chi connectivity index (χ3v) is 29.7. The van der Waals surface area contributed by atoms with Crippen LogP contribution in [-0.2, 0) is 0 Å². The molecule has 16 aromatic heterocycles. The smallest absolute Gasteiger partial charge is 0.171 e. The van der Waals surface area contributed by atoms with Crippen molar-refractivity contribution in [2.45, 2.75) is 27.7 Å². The van der Waals surface area contributed by atoms with Crippen LogP contribution in [-0.4, -0.2) is 18.3 Å². The molecule has 0 aliphatic carbocycles. The first-order chi connectivity index (χ1) is 44.8. The minimum Gasteiger partial charge on any atom is -0.453 e. The lowest BCUT2D eigenvalue weighted by Crippen LogP contribution is -1.93. The second kappa shape index (κ2) is 19.4. The average Bonchev–Trinajstić information content (AvgIpc) is 1.54. The maximum atomic E-state index is 6.87. The lowest BCUT2D eigenvalue weighted by molar-refractivity contribution is 0.666. The molecule has 0 atom stereocenters. The molecule has 0 unspecified atom stereocenters. The van der Waals surface area contributed by atoms with Crippen molar-refractivity contribution in [1.29, 1.82) is 0 Å². The highest BCUT2D eigenvalue weighted by Gasteiger charge is 2.31. The Balaban J connectivity index is 0.000000124. The van der Waals surface area contributed by atoms with Crippen LogP contribution in [0.1, 0.15) is 22.3 Å². The Morgan fingerprint density at radius 3 is 0.935 bits per heavy atom. The van der Waals surface area contributed by atoms with Crippen molar-refractivity contribution in [3.8, 4) is 22.7 Å². The highest BCUT2D eigenvalue weighted by molar-refractivity contribution is 9.11. The molecule has 8 nitrogen and oxygen atoms in total. The number of aromatic nitrogens is 4. The van der Waals surface area contributed by atoms with Gasteiger partial charge in [-0.05, 0) is 188 Å². The van der Waals surface area contributed by atoms with E-state index in [2.05, 4.69) is 255 Å². The maximum absolute atomic E-state index is 6.87. The van der Waals surface area contributed by atoms with Crippen LogP contribution in [0.25, 0.3) is 189 Å². The van der Waals surface area contributed by atoms with Crippen LogP contribution in [0, 0.1) is 27.7 Å². The van der Waals surface area contributed by atoms with Gasteiger partial charge in [-0.1, -0.05) is 70.8 Å². The minimum absolute atomic E-state index is 0.866. The molecule has 20 heteroatoms. The highest BCUT2D eigenvalue weighted by Crippen LogP contribution is 2.56. The molecule has 0 aliphatic rings. The van der Waals surface area contributed by atoms with Gasteiger partial charge in [-0.25, -0.2) is 0 Å². The summed E-state index contributed by atoms with van der Waals surface area (Å²) in [6, 6.07) is 52.7. The molecular formula is C72H36Br4N4O4S8. The molecule has 0 saturated heterocycles. The fourth-order valence-electron chi connectivity index (χ4n) is 13.9. The number of rotatable bonds is 4. The van der Waals surface area contributed by atoms with Crippen LogP contribution in [0.4, 0.5) is 0 Å². The van der Waals surface area contributed by atoms with Gasteiger partial charge in [0.1, 0.15) is 44.4 Å². The fraction of sp³-hybridized carbons (Fsp3) is 0.0556. The van der Waals surface area contributed by atoms with Crippen molar-refractivity contribution in [2.75, 3.05) is 0 Å². The molecule has 444 valence electrons. The van der Waals surface area contributed by atoms with Gasteiger partial charge >= 0.3 is 0 Å². The summed E-state index contributed by atoms with van der Waals surface area (Å²) in [5.41, 5.74) is 26.0. The predicted octanol–water partition coefficient (Wildman–Crippen LogP) is 28.1. The topological polar surface area (TPSA) is 72.3 Å². The van der Waals surface area contributed by atoms with Gasteiger partial charge in [-0.3, -0.25) is 0 Å². The molecule has 6 aromatic carbocycles. The first kappa shape index (κ1) is 54.6. The Morgan fingerprint density at radius 2 is 0.565 bits per heavy atom. The third kappa shape index (κ3) is 7.54. The van der Waals surface area contributed by atoms with Gasteiger partial charge in [0.2, 0.25) is 0 Å². The predicted molar refractivity (Wildman–Crippen MR) is 412 cm³/mol. The Morgan fingerprint density at radius 1 is 0.261 bits per heavy atom. The molecule has 0 radical (unpaired) electrons. The van der Waals surface area contributed by atoms with E-state index in [1.54, 1.807) is 68.0 Å². The summed E-state index contributed by atoms with van der Waals surface area (Å²) in [6.07, 6.45) is 0. The number of fused-ring (bicyclic) bond motifs is 28. The number of hydrogen-bond acceptors (Lipinski definition) is 12. The summed E-state index contributed by atoms with van der Waals surface area (Å²) < 4.78 is 56.2. The van der Waals surface area contributed by atoms with E-state index in [4.69, 9.17) is 17.7 Å². The largest absolute Gasteiger partial charge is 0.453 e. The Labute approximate surface area is 584 Å². The Bertz CT molecular complexity index is 6550. The maximum Gasteiger partial charge on any atom is 0.171 e. The van der Waals surface area contributed by atoms with Gasteiger partial charge in [-0.2, -0.15) is 0 Å². The Hall–Kier alpha value is -6.76. The fourth-order valence-corrected chi connectivity index (χ4v) is 26.1. The van der Waals surface area contributed by atoms with Crippen LogP contribution in [0.15, 0.2) is 178 Å². The zero-order chi connectivity index (χ0) is 61.2. The van der Waals surface area contributed by atoms with Crippen LogP contribution in [0.2, 0.25) is 0 Å². The first-order valence-corrected chi connectivity index (χ1v) is 38.9. The van der Waals surface area contributed by atoms with Crippen LogP contribution >= 0.6 is 154 Å². The molecule has 0 N–H and O–H groups in total. The molecule has 0 aliphatic heterocycles. The zero-order valence-electron chi connectivity index (χ0n) is 48.1. The molecule has 16 heterocycles. The van der Waals surface area contributed by atoms with Crippen molar-refractivity contribution in [3.05, 3.63) is 183 Å². The highest BCUT2D eigenvalue weighted by atomic mass is 79.9. The Kier molecular flexibility index (Phi) is 11.5. The number of hydrogen-bond donors (Lipinski definition) is 0. The third-order valence-electron chi connectivity index (χ3n) is 17.9. The molecule has 0 bridgehead atoms. The van der Waals surface area contributed by atoms with Gasteiger partial charge < -0.3 is 35.9 Å². The number of thiophene rings is 8. The molecule has 0 amide bonds. The van der Waals surface area contributed by atoms with E-state index >= 15 is 0 Å². The van der Waals surface area contributed by atoms with Gasteiger partial charge in [0, 0.05) is 53.7 Å². The lowest BCUT2D eigenvalue weighted by Gasteiger charge is -2.08. The van der Waals surface area contributed by atoms with Crippen molar-refractivity contribution in [1.82, 2.24) is 18.3 Å². The van der Waals surface area contributed by atoms with Gasteiger partial charge in [0.15, 0.2) is 22.3 Å². The number of aryl methyl sites for hydroxylation is 4. The summed E-state index contributed by atoms with van der Waals surface area (Å²) >= 11 is 29.3. The van der Waals surface area contributed by atoms with Crippen LogP contribution < -0.4 is 0 Å². The molecule has 0 saturated carbocycles. The molecule has 0 spiro atoms. The second-order valence-electron chi connectivity index (χ2n) is 23.6. The summed E-state index contributed by atoms with van der Waals surface area (Å²) in [6.45, 7) is 8.51. The number of furan rings is 4. The van der Waals surface area contributed by atoms with E-state index in [-0.39, 0.29) is 0 Å². The van der Waals surface area contributed by atoms with Crippen molar-refractivity contribution in [2.24, 2.45) is 0 Å². The lowest BCUT2D eigenvalue weighted by atomic mass is 10.1. The van der Waals surface area contributed by atoms with E-state index < -0.39 is 0 Å². The normalized spacial score (nSPS) is 12.8. The number of nitrogens with zero attached hydrogens (tertiary/aromatic N) is 4. The van der Waals surface area contributed by atoms with Gasteiger partial charge in [0.05, 0.1) is 84.2 Å². The van der Waals surface area contributed by atoms with E-state index in [9.17, 15) is 0 Å². The zero-order valence-corrected chi connectivity index (χ0v) is 60.9. The van der Waals surface area contributed by atoms with Crippen molar-refractivity contribution >= 4 is 321 Å². The van der Waals surface area contributed by atoms with E-state index in [0.717, 1.165) is 136 Å². The number of halogens is 4. The summed E-state index contributed by atoms with van der Waals surface area (Å²) in [4.78, 5) is 0.